The van der Waals surface area contributed by atoms with E-state index in [1.807, 2.05) is 0 Å². The standard InChI is InChI=1S/C20H22BrN3O4/c1-12(2)18(19(26)23-15-5-7-16(28-3)8-6-15)20(27)24-22-11-13-10-14(21)4-9-17(13)25/h4-12,18,25H,1-3H3,(H,23,26)(H,24,27)/b22-11+. The highest BCUT2D eigenvalue weighted by Gasteiger charge is 2.29. The summed E-state index contributed by atoms with van der Waals surface area (Å²) in [5.41, 5.74) is 3.36. The van der Waals surface area contributed by atoms with Crippen LogP contribution in [0.2, 0.25) is 0 Å². The van der Waals surface area contributed by atoms with Gasteiger partial charge in [0, 0.05) is 15.7 Å². The molecule has 2 rings (SSSR count). The van der Waals surface area contributed by atoms with E-state index in [4.69, 9.17) is 4.74 Å². The molecule has 0 radical (unpaired) electrons. The van der Waals surface area contributed by atoms with Gasteiger partial charge in [0.2, 0.25) is 5.91 Å². The Bertz CT molecular complexity index is 866. The van der Waals surface area contributed by atoms with Gasteiger partial charge in [0.05, 0.1) is 13.3 Å². The second-order valence-electron chi connectivity index (χ2n) is 6.38. The van der Waals surface area contributed by atoms with Crippen molar-refractivity contribution in [3.63, 3.8) is 0 Å². The maximum Gasteiger partial charge on any atom is 0.252 e. The molecule has 1 unspecified atom stereocenters. The molecule has 7 nitrogen and oxygen atoms in total. The highest BCUT2D eigenvalue weighted by Crippen LogP contribution is 2.20. The number of ether oxygens (including phenoxy) is 1. The molecule has 0 aliphatic heterocycles. The van der Waals surface area contributed by atoms with Crippen LogP contribution in [-0.4, -0.2) is 30.2 Å². The number of carbonyl (C=O) groups is 2. The molecule has 0 aliphatic carbocycles. The number of amides is 2. The lowest BCUT2D eigenvalue weighted by Gasteiger charge is -2.18. The van der Waals surface area contributed by atoms with Crippen molar-refractivity contribution in [2.45, 2.75) is 13.8 Å². The first-order valence-electron chi connectivity index (χ1n) is 8.58. The number of methoxy groups -OCH3 is 1. The summed E-state index contributed by atoms with van der Waals surface area (Å²) in [6, 6.07) is 11.7. The summed E-state index contributed by atoms with van der Waals surface area (Å²) in [5.74, 6) is -1.45. The highest BCUT2D eigenvalue weighted by atomic mass is 79.9. The van der Waals surface area contributed by atoms with Gasteiger partial charge in [0.1, 0.15) is 17.4 Å². The minimum atomic E-state index is -0.935. The first-order chi connectivity index (χ1) is 13.3. The van der Waals surface area contributed by atoms with Crippen LogP contribution in [0.4, 0.5) is 5.69 Å². The lowest BCUT2D eigenvalue weighted by atomic mass is 9.94. The third-order valence-corrected chi connectivity index (χ3v) is 4.45. The molecule has 0 aromatic heterocycles. The predicted octanol–water partition coefficient (Wildman–Crippen LogP) is 3.52. The van der Waals surface area contributed by atoms with Gasteiger partial charge in [0.25, 0.3) is 5.91 Å². The van der Waals surface area contributed by atoms with Gasteiger partial charge in [0.15, 0.2) is 0 Å². The van der Waals surface area contributed by atoms with Crippen molar-refractivity contribution in [2.24, 2.45) is 16.9 Å². The van der Waals surface area contributed by atoms with Crippen molar-refractivity contribution < 1.29 is 19.4 Å². The fourth-order valence-corrected chi connectivity index (χ4v) is 2.86. The fourth-order valence-electron chi connectivity index (χ4n) is 2.48. The molecule has 0 heterocycles. The van der Waals surface area contributed by atoms with Crippen LogP contribution >= 0.6 is 15.9 Å². The average Bonchev–Trinajstić information content (AvgIpc) is 2.65. The van der Waals surface area contributed by atoms with E-state index in [0.29, 0.717) is 17.0 Å². The summed E-state index contributed by atoms with van der Waals surface area (Å²) in [7, 11) is 1.56. The van der Waals surface area contributed by atoms with E-state index in [0.717, 1.165) is 4.47 Å². The molecule has 1 atom stereocenters. The maximum absolute atomic E-state index is 12.6. The molecular weight excluding hydrogens is 426 g/mol. The third kappa shape index (κ3) is 5.82. The Morgan fingerprint density at radius 2 is 1.82 bits per heavy atom. The van der Waals surface area contributed by atoms with E-state index < -0.39 is 17.7 Å². The smallest absolute Gasteiger partial charge is 0.252 e. The van der Waals surface area contributed by atoms with Crippen LogP contribution in [0.5, 0.6) is 11.5 Å². The first kappa shape index (κ1) is 21.4. The Kier molecular flexibility index (Phi) is 7.57. The van der Waals surface area contributed by atoms with Gasteiger partial charge < -0.3 is 15.2 Å². The van der Waals surface area contributed by atoms with Crippen LogP contribution in [0.1, 0.15) is 19.4 Å². The highest BCUT2D eigenvalue weighted by molar-refractivity contribution is 9.10. The minimum Gasteiger partial charge on any atom is -0.507 e. The summed E-state index contributed by atoms with van der Waals surface area (Å²) >= 11 is 3.30. The molecule has 148 valence electrons. The van der Waals surface area contributed by atoms with E-state index in [-0.39, 0.29) is 11.7 Å². The number of aromatic hydroxyl groups is 1. The fraction of sp³-hybridized carbons (Fsp3) is 0.250. The Morgan fingerprint density at radius 3 is 2.43 bits per heavy atom. The Balaban J connectivity index is 2.04. The maximum atomic E-state index is 12.6. The van der Waals surface area contributed by atoms with Crippen molar-refractivity contribution in [2.75, 3.05) is 12.4 Å². The molecule has 0 aliphatic rings. The number of hydrogen-bond acceptors (Lipinski definition) is 5. The third-order valence-electron chi connectivity index (χ3n) is 3.96. The molecular formula is C20H22BrN3O4. The molecule has 2 aromatic rings. The first-order valence-corrected chi connectivity index (χ1v) is 9.37. The number of nitrogens with one attached hydrogen (secondary N) is 2. The lowest BCUT2D eigenvalue weighted by molar-refractivity contribution is -0.134. The van der Waals surface area contributed by atoms with E-state index in [1.54, 1.807) is 57.4 Å². The predicted molar refractivity (Wildman–Crippen MR) is 111 cm³/mol. The molecule has 0 saturated carbocycles. The van der Waals surface area contributed by atoms with E-state index in [1.165, 1.54) is 12.3 Å². The van der Waals surface area contributed by atoms with Gasteiger partial charge >= 0.3 is 0 Å². The van der Waals surface area contributed by atoms with E-state index in [9.17, 15) is 14.7 Å². The number of halogens is 1. The van der Waals surface area contributed by atoms with Crippen LogP contribution < -0.4 is 15.5 Å². The van der Waals surface area contributed by atoms with Crippen LogP contribution in [0.25, 0.3) is 0 Å². The number of phenolic OH excluding ortho intramolecular Hbond substituents is 1. The molecule has 2 amide bonds. The number of rotatable bonds is 7. The van der Waals surface area contributed by atoms with Gasteiger partial charge in [-0.05, 0) is 48.4 Å². The van der Waals surface area contributed by atoms with Crippen molar-refractivity contribution in [3.8, 4) is 11.5 Å². The van der Waals surface area contributed by atoms with Crippen LogP contribution in [-0.2, 0) is 9.59 Å². The van der Waals surface area contributed by atoms with Crippen LogP contribution in [0.3, 0.4) is 0 Å². The van der Waals surface area contributed by atoms with Crippen molar-refractivity contribution in [1.29, 1.82) is 0 Å². The molecule has 0 fully saturated rings. The number of hydrazone groups is 1. The zero-order valence-corrected chi connectivity index (χ0v) is 17.4. The van der Waals surface area contributed by atoms with E-state index >= 15 is 0 Å². The molecule has 2 aromatic carbocycles. The quantitative estimate of drug-likeness (QED) is 0.343. The molecule has 0 saturated heterocycles. The number of anilines is 1. The molecule has 0 spiro atoms. The van der Waals surface area contributed by atoms with E-state index in [2.05, 4.69) is 31.8 Å². The number of hydrogen-bond donors (Lipinski definition) is 3. The zero-order valence-electron chi connectivity index (χ0n) is 15.8. The Hall–Kier alpha value is -2.87. The van der Waals surface area contributed by atoms with Crippen LogP contribution in [0.15, 0.2) is 52.0 Å². The van der Waals surface area contributed by atoms with Gasteiger partial charge in [-0.3, -0.25) is 9.59 Å². The summed E-state index contributed by atoms with van der Waals surface area (Å²) in [6.07, 6.45) is 1.32. The van der Waals surface area contributed by atoms with Crippen molar-refractivity contribution >= 4 is 39.6 Å². The number of carbonyl (C=O) groups excluding carboxylic acids is 2. The topological polar surface area (TPSA) is 100 Å². The minimum absolute atomic E-state index is 0.0267. The zero-order chi connectivity index (χ0) is 20.7. The second-order valence-corrected chi connectivity index (χ2v) is 7.29. The Morgan fingerprint density at radius 1 is 1.14 bits per heavy atom. The normalized spacial score (nSPS) is 12.0. The summed E-state index contributed by atoms with van der Waals surface area (Å²) in [5, 5.41) is 16.4. The summed E-state index contributed by atoms with van der Waals surface area (Å²) in [6.45, 7) is 3.56. The van der Waals surface area contributed by atoms with Gasteiger partial charge in [-0.2, -0.15) is 5.10 Å². The largest absolute Gasteiger partial charge is 0.507 e. The average molecular weight is 448 g/mol. The van der Waals surface area contributed by atoms with Gasteiger partial charge in [-0.15, -0.1) is 0 Å². The SMILES string of the molecule is COc1ccc(NC(=O)C(C(=O)N/N=C/c2cc(Br)ccc2O)C(C)C)cc1. The van der Waals surface area contributed by atoms with Gasteiger partial charge in [-0.25, -0.2) is 5.43 Å². The van der Waals surface area contributed by atoms with Crippen LogP contribution in [0, 0.1) is 11.8 Å². The summed E-state index contributed by atoms with van der Waals surface area (Å²) < 4.78 is 5.84. The molecule has 28 heavy (non-hydrogen) atoms. The molecule has 0 bridgehead atoms. The van der Waals surface area contributed by atoms with Gasteiger partial charge in [-0.1, -0.05) is 29.8 Å². The summed E-state index contributed by atoms with van der Waals surface area (Å²) in [4.78, 5) is 25.1. The number of phenols is 1. The van der Waals surface area contributed by atoms with Crippen molar-refractivity contribution in [3.05, 3.63) is 52.5 Å². The monoisotopic (exact) mass is 447 g/mol. The number of nitrogens with zero attached hydrogens (tertiary/aromatic N) is 1. The molecule has 8 heteroatoms. The Labute approximate surface area is 171 Å². The molecule has 3 N–H and O–H groups in total. The lowest BCUT2D eigenvalue weighted by Crippen LogP contribution is -2.39. The number of benzene rings is 2. The second kappa shape index (κ2) is 9.89. The van der Waals surface area contributed by atoms with Crippen molar-refractivity contribution in [1.82, 2.24) is 5.43 Å².